The number of anilines is 1. The van der Waals surface area contributed by atoms with Gasteiger partial charge in [0, 0.05) is 18.7 Å². The third-order valence-electron chi connectivity index (χ3n) is 4.65. The van der Waals surface area contributed by atoms with Crippen LogP contribution in [0.15, 0.2) is 42.5 Å². The molecule has 2 N–H and O–H groups in total. The number of ether oxygens (including phenoxy) is 3. The molecule has 0 fully saturated rings. The van der Waals surface area contributed by atoms with Crippen LogP contribution in [0.4, 0.5) is 5.69 Å². The van der Waals surface area contributed by atoms with E-state index in [4.69, 9.17) is 14.2 Å². The molecule has 29 heavy (non-hydrogen) atoms. The largest absolute Gasteiger partial charge is 0.489 e. The minimum atomic E-state index is -0.623. The first kappa shape index (κ1) is 20.7. The quantitative estimate of drug-likeness (QED) is 0.665. The Bertz CT molecular complexity index is 866. The zero-order chi connectivity index (χ0) is 20.8. The number of rotatable bonds is 8. The van der Waals surface area contributed by atoms with Crippen molar-refractivity contribution in [3.8, 4) is 5.75 Å². The lowest BCUT2D eigenvalue weighted by Crippen LogP contribution is -2.48. The van der Waals surface area contributed by atoms with Gasteiger partial charge in [-0.1, -0.05) is 23.8 Å². The van der Waals surface area contributed by atoms with Crippen LogP contribution in [0.2, 0.25) is 0 Å². The van der Waals surface area contributed by atoms with E-state index >= 15 is 0 Å². The molecule has 2 aromatic rings. The van der Waals surface area contributed by atoms with Crippen molar-refractivity contribution < 1.29 is 23.8 Å². The summed E-state index contributed by atoms with van der Waals surface area (Å²) in [6.45, 7) is 4.50. The van der Waals surface area contributed by atoms with Gasteiger partial charge in [0.2, 0.25) is 0 Å². The summed E-state index contributed by atoms with van der Waals surface area (Å²) in [4.78, 5) is 24.1. The molecule has 0 saturated heterocycles. The minimum Gasteiger partial charge on any atom is -0.489 e. The van der Waals surface area contributed by atoms with E-state index in [9.17, 15) is 9.59 Å². The predicted octanol–water partition coefficient (Wildman–Crippen LogP) is 2.68. The normalized spacial score (nSPS) is 16.2. The van der Waals surface area contributed by atoms with Gasteiger partial charge in [-0.3, -0.25) is 4.79 Å². The Labute approximate surface area is 170 Å². The first-order valence-electron chi connectivity index (χ1n) is 9.59. The number of carbonyl (C=O) groups excluding carboxylic acids is 2. The van der Waals surface area contributed by atoms with Gasteiger partial charge < -0.3 is 24.8 Å². The van der Waals surface area contributed by atoms with Crippen LogP contribution < -0.4 is 15.4 Å². The molecule has 0 aliphatic carbocycles. The zero-order valence-electron chi connectivity index (χ0n) is 16.9. The number of fused-ring (bicyclic) bond motifs is 1. The molecular weight excluding hydrogens is 372 g/mol. The van der Waals surface area contributed by atoms with E-state index < -0.39 is 6.10 Å². The first-order valence-corrected chi connectivity index (χ1v) is 9.59. The van der Waals surface area contributed by atoms with Gasteiger partial charge in [0.05, 0.1) is 12.7 Å². The highest BCUT2D eigenvalue weighted by molar-refractivity contribution is 6.01. The maximum Gasteiger partial charge on any atom is 0.335 e. The standard InChI is InChI=1S/C22H26N2O5/c1-4-28-19(22(26)27-3)12-15-6-8-16(9-7-15)29-13-20-23-18-10-5-14(2)11-17(18)21(25)24-20/h5-11,19-20,23H,4,12-13H2,1-3H3,(H,24,25). The van der Waals surface area contributed by atoms with E-state index in [0.717, 1.165) is 16.8 Å². The van der Waals surface area contributed by atoms with E-state index in [1.165, 1.54) is 7.11 Å². The maximum atomic E-state index is 12.3. The van der Waals surface area contributed by atoms with Crippen molar-refractivity contribution in [2.45, 2.75) is 32.5 Å². The number of benzene rings is 2. The van der Waals surface area contributed by atoms with Gasteiger partial charge in [0.25, 0.3) is 5.91 Å². The summed E-state index contributed by atoms with van der Waals surface area (Å²) in [7, 11) is 1.35. The topological polar surface area (TPSA) is 85.9 Å². The van der Waals surface area contributed by atoms with Crippen molar-refractivity contribution in [2.75, 3.05) is 25.6 Å². The molecule has 0 spiro atoms. The van der Waals surface area contributed by atoms with E-state index in [2.05, 4.69) is 10.6 Å². The number of hydrogen-bond acceptors (Lipinski definition) is 6. The van der Waals surface area contributed by atoms with Crippen LogP contribution in [0.1, 0.15) is 28.4 Å². The molecule has 2 unspecified atom stereocenters. The molecule has 7 nitrogen and oxygen atoms in total. The monoisotopic (exact) mass is 398 g/mol. The summed E-state index contributed by atoms with van der Waals surface area (Å²) in [5.41, 5.74) is 3.41. The SMILES string of the molecule is CCOC(Cc1ccc(OCC2NC(=O)c3cc(C)ccc3N2)cc1)C(=O)OC. The van der Waals surface area contributed by atoms with Crippen molar-refractivity contribution in [1.82, 2.24) is 5.32 Å². The molecule has 1 aliphatic heterocycles. The molecule has 7 heteroatoms. The van der Waals surface area contributed by atoms with Crippen molar-refractivity contribution >= 4 is 17.6 Å². The lowest BCUT2D eigenvalue weighted by atomic mass is 10.1. The number of hydrogen-bond donors (Lipinski definition) is 2. The van der Waals surface area contributed by atoms with Gasteiger partial charge in [-0.2, -0.15) is 0 Å². The highest BCUT2D eigenvalue weighted by Crippen LogP contribution is 2.22. The predicted molar refractivity (Wildman–Crippen MR) is 109 cm³/mol. The summed E-state index contributed by atoms with van der Waals surface area (Å²) in [5.74, 6) is 0.170. The Hall–Kier alpha value is -3.06. The van der Waals surface area contributed by atoms with Crippen LogP contribution >= 0.6 is 0 Å². The van der Waals surface area contributed by atoms with Crippen LogP contribution in [0.3, 0.4) is 0 Å². The maximum absolute atomic E-state index is 12.3. The molecule has 154 valence electrons. The van der Waals surface area contributed by atoms with Gasteiger partial charge in [0.1, 0.15) is 18.5 Å². The number of methoxy groups -OCH3 is 1. The van der Waals surface area contributed by atoms with Gasteiger partial charge in [-0.05, 0) is 43.7 Å². The molecular formula is C22H26N2O5. The van der Waals surface area contributed by atoms with Crippen molar-refractivity contribution in [3.05, 3.63) is 59.2 Å². The number of aryl methyl sites for hydroxylation is 1. The number of nitrogens with one attached hydrogen (secondary N) is 2. The molecule has 1 heterocycles. The first-order chi connectivity index (χ1) is 14.0. The Balaban J connectivity index is 1.56. The highest BCUT2D eigenvalue weighted by Gasteiger charge is 2.24. The van der Waals surface area contributed by atoms with E-state index in [1.807, 2.05) is 56.3 Å². The lowest BCUT2D eigenvalue weighted by Gasteiger charge is -2.28. The molecule has 2 atom stereocenters. The van der Waals surface area contributed by atoms with Crippen LogP contribution in [0, 0.1) is 6.92 Å². The third-order valence-corrected chi connectivity index (χ3v) is 4.65. The Morgan fingerprint density at radius 1 is 1.14 bits per heavy atom. The van der Waals surface area contributed by atoms with Gasteiger partial charge in [-0.25, -0.2) is 4.79 Å². The average molecular weight is 398 g/mol. The average Bonchev–Trinajstić information content (AvgIpc) is 2.73. The minimum absolute atomic E-state index is 0.115. The molecule has 2 aromatic carbocycles. The highest BCUT2D eigenvalue weighted by atomic mass is 16.6. The fraction of sp³-hybridized carbons (Fsp3) is 0.364. The van der Waals surface area contributed by atoms with Crippen molar-refractivity contribution in [3.63, 3.8) is 0 Å². The zero-order valence-corrected chi connectivity index (χ0v) is 16.9. The summed E-state index contributed by atoms with van der Waals surface area (Å²) in [6, 6.07) is 13.2. The third kappa shape index (κ3) is 5.26. The van der Waals surface area contributed by atoms with Crippen molar-refractivity contribution in [2.24, 2.45) is 0 Å². The second-order valence-corrected chi connectivity index (χ2v) is 6.85. The molecule has 1 aliphatic rings. The number of amides is 1. The number of carbonyl (C=O) groups is 2. The van der Waals surface area contributed by atoms with Gasteiger partial charge >= 0.3 is 5.97 Å². The second-order valence-electron chi connectivity index (χ2n) is 6.85. The Morgan fingerprint density at radius 2 is 1.90 bits per heavy atom. The molecule has 3 rings (SSSR count). The van der Waals surface area contributed by atoms with Crippen LogP contribution in [-0.2, 0) is 20.7 Å². The Morgan fingerprint density at radius 3 is 2.59 bits per heavy atom. The fourth-order valence-electron chi connectivity index (χ4n) is 3.17. The van der Waals surface area contributed by atoms with E-state index in [0.29, 0.717) is 24.3 Å². The summed E-state index contributed by atoms with van der Waals surface area (Å²) in [6.07, 6.45) is -0.516. The lowest BCUT2D eigenvalue weighted by molar-refractivity contribution is -0.153. The molecule has 1 amide bonds. The van der Waals surface area contributed by atoms with Crippen LogP contribution in [-0.4, -0.2) is 44.5 Å². The van der Waals surface area contributed by atoms with E-state index in [1.54, 1.807) is 0 Å². The fourth-order valence-corrected chi connectivity index (χ4v) is 3.17. The van der Waals surface area contributed by atoms with E-state index in [-0.39, 0.29) is 24.6 Å². The molecule has 0 radical (unpaired) electrons. The summed E-state index contributed by atoms with van der Waals surface area (Å²) in [5, 5.41) is 6.17. The molecule has 0 bridgehead atoms. The van der Waals surface area contributed by atoms with Gasteiger partial charge in [0.15, 0.2) is 6.10 Å². The molecule has 0 saturated carbocycles. The van der Waals surface area contributed by atoms with Crippen LogP contribution in [0.5, 0.6) is 5.75 Å². The number of esters is 1. The molecule has 0 aromatic heterocycles. The second kappa shape index (κ2) is 9.43. The smallest absolute Gasteiger partial charge is 0.335 e. The summed E-state index contributed by atoms with van der Waals surface area (Å²) >= 11 is 0. The van der Waals surface area contributed by atoms with Gasteiger partial charge in [-0.15, -0.1) is 0 Å². The van der Waals surface area contributed by atoms with Crippen molar-refractivity contribution in [1.29, 1.82) is 0 Å². The summed E-state index contributed by atoms with van der Waals surface area (Å²) < 4.78 is 16.0. The van der Waals surface area contributed by atoms with Crippen LogP contribution in [0.25, 0.3) is 0 Å². The Kier molecular flexibility index (Phi) is 6.72.